The van der Waals surface area contributed by atoms with E-state index in [4.69, 9.17) is 4.74 Å². The maximum absolute atomic E-state index is 11.6. The van der Waals surface area contributed by atoms with Crippen LogP contribution in [0.5, 0.6) is 0 Å². The monoisotopic (exact) mass is 208 g/mol. The molecule has 1 rings (SSSR count). The van der Waals surface area contributed by atoms with E-state index in [-0.39, 0.29) is 5.91 Å². The first-order valence-electron chi connectivity index (χ1n) is 4.78. The van der Waals surface area contributed by atoms with Gasteiger partial charge in [-0.1, -0.05) is 12.1 Å². The van der Waals surface area contributed by atoms with E-state index < -0.39 is 0 Å². The number of hydrogen-bond acceptors (Lipinski definition) is 3. The zero-order chi connectivity index (χ0) is 11.1. The van der Waals surface area contributed by atoms with Crippen LogP contribution in [0, 0.1) is 0 Å². The number of ether oxygens (including phenoxy) is 1. The van der Waals surface area contributed by atoms with Gasteiger partial charge in [0.25, 0.3) is 5.91 Å². The third kappa shape index (κ3) is 3.69. The van der Waals surface area contributed by atoms with E-state index in [1.807, 2.05) is 18.2 Å². The Morgan fingerprint density at radius 3 is 2.93 bits per heavy atom. The molecule has 0 aromatic heterocycles. The predicted octanol–water partition coefficient (Wildman–Crippen LogP) is 0.740. The Hall–Kier alpha value is -1.39. The fraction of sp³-hybridized carbons (Fsp3) is 0.364. The molecule has 0 fully saturated rings. The lowest BCUT2D eigenvalue weighted by Gasteiger charge is -2.05. The van der Waals surface area contributed by atoms with Crippen LogP contribution in [0.15, 0.2) is 24.3 Å². The van der Waals surface area contributed by atoms with Crippen molar-refractivity contribution in [2.75, 3.05) is 20.8 Å². The molecular formula is C11H16N2O2. The van der Waals surface area contributed by atoms with Gasteiger partial charge in [0.1, 0.15) is 0 Å². The molecule has 0 unspecified atom stereocenters. The highest BCUT2D eigenvalue weighted by Gasteiger charge is 2.04. The van der Waals surface area contributed by atoms with Gasteiger partial charge in [-0.2, -0.15) is 0 Å². The normalized spacial score (nSPS) is 10.0. The Kier molecular flexibility index (Phi) is 4.80. The Labute approximate surface area is 89.6 Å². The fourth-order valence-corrected chi connectivity index (χ4v) is 1.24. The number of hydrogen-bond donors (Lipinski definition) is 2. The summed E-state index contributed by atoms with van der Waals surface area (Å²) in [5, 5.41) is 5.58. The predicted molar refractivity (Wildman–Crippen MR) is 58.5 cm³/mol. The Bertz CT molecular complexity index is 326. The lowest BCUT2D eigenvalue weighted by molar-refractivity contribution is 0.0951. The van der Waals surface area contributed by atoms with Gasteiger partial charge in [-0.15, -0.1) is 0 Å². The number of nitrogens with one attached hydrogen (secondary N) is 2. The summed E-state index contributed by atoms with van der Waals surface area (Å²) in [5.41, 5.74) is 1.65. The van der Waals surface area contributed by atoms with Crippen LogP contribution in [0.3, 0.4) is 0 Å². The maximum atomic E-state index is 11.6. The van der Waals surface area contributed by atoms with Crippen molar-refractivity contribution in [1.82, 2.24) is 10.6 Å². The molecule has 0 aliphatic carbocycles. The van der Waals surface area contributed by atoms with Crippen LogP contribution in [0.2, 0.25) is 0 Å². The summed E-state index contributed by atoms with van der Waals surface area (Å²) < 4.78 is 5.00. The summed E-state index contributed by atoms with van der Waals surface area (Å²) >= 11 is 0. The second kappa shape index (κ2) is 6.16. The minimum absolute atomic E-state index is 0.0812. The van der Waals surface area contributed by atoms with Gasteiger partial charge in [0.15, 0.2) is 0 Å². The SMILES string of the molecule is CNCNC(=O)c1cccc(COC)c1. The highest BCUT2D eigenvalue weighted by atomic mass is 16.5. The fourth-order valence-electron chi connectivity index (χ4n) is 1.24. The van der Waals surface area contributed by atoms with E-state index in [0.29, 0.717) is 18.8 Å². The molecule has 0 bridgehead atoms. The third-order valence-electron chi connectivity index (χ3n) is 1.93. The molecule has 0 radical (unpaired) electrons. The molecule has 0 heterocycles. The number of carbonyl (C=O) groups excluding carboxylic acids is 1. The molecule has 1 aromatic carbocycles. The lowest BCUT2D eigenvalue weighted by Crippen LogP contribution is -2.31. The molecule has 82 valence electrons. The van der Waals surface area contributed by atoms with Crippen LogP contribution >= 0.6 is 0 Å². The Morgan fingerprint density at radius 2 is 2.27 bits per heavy atom. The van der Waals surface area contributed by atoms with Gasteiger partial charge in [0.2, 0.25) is 0 Å². The molecular weight excluding hydrogens is 192 g/mol. The molecule has 1 aromatic rings. The van der Waals surface area contributed by atoms with Crippen molar-refractivity contribution in [3.8, 4) is 0 Å². The van der Waals surface area contributed by atoms with Gasteiger partial charge < -0.3 is 15.4 Å². The minimum Gasteiger partial charge on any atom is -0.380 e. The van der Waals surface area contributed by atoms with Gasteiger partial charge in [0.05, 0.1) is 13.3 Å². The molecule has 4 nitrogen and oxygen atoms in total. The molecule has 0 spiro atoms. The molecule has 2 N–H and O–H groups in total. The van der Waals surface area contributed by atoms with Crippen molar-refractivity contribution >= 4 is 5.91 Å². The molecule has 0 atom stereocenters. The summed E-state index contributed by atoms with van der Waals surface area (Å²) in [7, 11) is 3.41. The van der Waals surface area contributed by atoms with E-state index >= 15 is 0 Å². The molecule has 0 aliphatic heterocycles. The van der Waals surface area contributed by atoms with Crippen molar-refractivity contribution in [2.45, 2.75) is 6.61 Å². The van der Waals surface area contributed by atoms with Gasteiger partial charge in [-0.25, -0.2) is 0 Å². The molecule has 15 heavy (non-hydrogen) atoms. The van der Waals surface area contributed by atoms with Gasteiger partial charge in [-0.05, 0) is 24.7 Å². The summed E-state index contributed by atoms with van der Waals surface area (Å²) in [6.07, 6.45) is 0. The molecule has 0 aliphatic rings. The minimum atomic E-state index is -0.0812. The van der Waals surface area contributed by atoms with Crippen LogP contribution in [0.4, 0.5) is 0 Å². The second-order valence-corrected chi connectivity index (χ2v) is 3.17. The Morgan fingerprint density at radius 1 is 1.47 bits per heavy atom. The van der Waals surface area contributed by atoms with Crippen LogP contribution in [-0.2, 0) is 11.3 Å². The third-order valence-corrected chi connectivity index (χ3v) is 1.93. The largest absolute Gasteiger partial charge is 0.380 e. The van der Waals surface area contributed by atoms with Crippen LogP contribution in [0.25, 0.3) is 0 Å². The van der Waals surface area contributed by atoms with Crippen molar-refractivity contribution in [3.05, 3.63) is 35.4 Å². The molecule has 1 amide bonds. The van der Waals surface area contributed by atoms with Crippen LogP contribution in [-0.4, -0.2) is 26.7 Å². The van der Waals surface area contributed by atoms with Gasteiger partial charge >= 0.3 is 0 Å². The summed E-state index contributed by atoms with van der Waals surface area (Å²) in [4.78, 5) is 11.6. The van der Waals surface area contributed by atoms with Crippen LogP contribution < -0.4 is 10.6 Å². The van der Waals surface area contributed by atoms with E-state index in [9.17, 15) is 4.79 Å². The lowest BCUT2D eigenvalue weighted by atomic mass is 10.1. The number of carbonyl (C=O) groups is 1. The molecule has 0 saturated carbocycles. The number of rotatable bonds is 5. The summed E-state index contributed by atoms with van der Waals surface area (Å²) in [6, 6.07) is 7.39. The van der Waals surface area contributed by atoms with E-state index in [1.165, 1.54) is 0 Å². The standard InChI is InChI=1S/C11H16N2O2/c1-12-8-13-11(14)10-5-3-4-9(6-10)7-15-2/h3-6,12H,7-8H2,1-2H3,(H,13,14). The molecule has 0 saturated heterocycles. The summed E-state index contributed by atoms with van der Waals surface area (Å²) in [5.74, 6) is -0.0812. The average molecular weight is 208 g/mol. The van der Waals surface area contributed by atoms with Crippen molar-refractivity contribution in [3.63, 3.8) is 0 Å². The number of benzene rings is 1. The number of amides is 1. The van der Waals surface area contributed by atoms with E-state index in [2.05, 4.69) is 10.6 Å². The van der Waals surface area contributed by atoms with Crippen molar-refractivity contribution in [1.29, 1.82) is 0 Å². The zero-order valence-corrected chi connectivity index (χ0v) is 9.04. The smallest absolute Gasteiger partial charge is 0.252 e. The highest BCUT2D eigenvalue weighted by Crippen LogP contribution is 2.06. The van der Waals surface area contributed by atoms with Crippen molar-refractivity contribution < 1.29 is 9.53 Å². The first kappa shape index (κ1) is 11.7. The average Bonchev–Trinajstić information content (AvgIpc) is 2.27. The topological polar surface area (TPSA) is 50.4 Å². The first-order chi connectivity index (χ1) is 7.27. The maximum Gasteiger partial charge on any atom is 0.252 e. The Balaban J connectivity index is 2.67. The first-order valence-corrected chi connectivity index (χ1v) is 4.78. The summed E-state index contributed by atoms with van der Waals surface area (Å²) in [6.45, 7) is 0.987. The van der Waals surface area contributed by atoms with E-state index in [1.54, 1.807) is 20.2 Å². The van der Waals surface area contributed by atoms with E-state index in [0.717, 1.165) is 5.56 Å². The molecule has 4 heteroatoms. The van der Waals surface area contributed by atoms with Crippen molar-refractivity contribution in [2.24, 2.45) is 0 Å². The van der Waals surface area contributed by atoms with Gasteiger partial charge in [0, 0.05) is 12.7 Å². The van der Waals surface area contributed by atoms with Crippen LogP contribution in [0.1, 0.15) is 15.9 Å². The zero-order valence-electron chi connectivity index (χ0n) is 9.04. The quantitative estimate of drug-likeness (QED) is 0.702. The second-order valence-electron chi connectivity index (χ2n) is 3.17. The highest BCUT2D eigenvalue weighted by molar-refractivity contribution is 5.94. The van der Waals surface area contributed by atoms with Gasteiger partial charge in [-0.3, -0.25) is 4.79 Å². The number of methoxy groups -OCH3 is 1.